The van der Waals surface area contributed by atoms with Gasteiger partial charge in [-0.15, -0.1) is 0 Å². The monoisotopic (exact) mass is 330 g/mol. The molecule has 2 heterocycles. The summed E-state index contributed by atoms with van der Waals surface area (Å²) in [6.07, 6.45) is 6.25. The smallest absolute Gasteiger partial charge is 0.139 e. The van der Waals surface area contributed by atoms with Gasteiger partial charge in [0.25, 0.3) is 0 Å². The fourth-order valence-electron chi connectivity index (χ4n) is 2.88. The number of fused-ring (bicyclic) bond motifs is 1. The van der Waals surface area contributed by atoms with Crippen molar-refractivity contribution in [3.8, 4) is 22.6 Å². The fraction of sp³-hybridized carbons (Fsp3) is 0.150. The molecule has 0 aliphatic heterocycles. The van der Waals surface area contributed by atoms with Gasteiger partial charge in [-0.2, -0.15) is 0 Å². The van der Waals surface area contributed by atoms with Crippen molar-refractivity contribution in [2.24, 2.45) is 0 Å². The van der Waals surface area contributed by atoms with Crippen LogP contribution in [-0.4, -0.2) is 31.2 Å². The molecule has 4 aromatic rings. The van der Waals surface area contributed by atoms with Crippen LogP contribution in [-0.2, 0) is 6.54 Å². The van der Waals surface area contributed by atoms with E-state index < -0.39 is 0 Å². The molecule has 0 saturated heterocycles. The van der Waals surface area contributed by atoms with Gasteiger partial charge in [-0.3, -0.25) is 4.98 Å². The predicted molar refractivity (Wildman–Crippen MR) is 97.9 cm³/mol. The third kappa shape index (κ3) is 3.14. The average molecular weight is 330 g/mol. The van der Waals surface area contributed by atoms with Crippen LogP contribution in [0.25, 0.3) is 33.7 Å². The van der Waals surface area contributed by atoms with Gasteiger partial charge >= 0.3 is 0 Å². The Hall–Kier alpha value is -3.05. The number of aliphatic hydroxyl groups excluding tert-OH is 1. The van der Waals surface area contributed by atoms with Crippen LogP contribution in [0, 0.1) is 0 Å². The zero-order chi connectivity index (χ0) is 17.1. The number of aliphatic hydroxyl groups is 1. The number of benzene rings is 2. The lowest BCUT2D eigenvalue weighted by Crippen LogP contribution is -2.01. The minimum Gasteiger partial charge on any atom is -0.396 e. The van der Waals surface area contributed by atoms with E-state index >= 15 is 0 Å². The molecule has 1 N–H and O–H groups in total. The molecule has 0 spiro atoms. The molecule has 0 aliphatic carbocycles. The van der Waals surface area contributed by atoms with Gasteiger partial charge < -0.3 is 9.67 Å². The Morgan fingerprint density at radius 3 is 2.44 bits per heavy atom. The van der Waals surface area contributed by atoms with Crippen molar-refractivity contribution in [3.05, 3.63) is 67.1 Å². The van der Waals surface area contributed by atoms with Crippen molar-refractivity contribution >= 4 is 11.0 Å². The number of hydrogen-bond donors (Lipinski definition) is 1. The van der Waals surface area contributed by atoms with Gasteiger partial charge in [0.15, 0.2) is 0 Å². The van der Waals surface area contributed by atoms with Crippen LogP contribution in [0.2, 0.25) is 0 Å². The Bertz CT molecular complexity index is 992. The molecule has 0 bridgehead atoms. The summed E-state index contributed by atoms with van der Waals surface area (Å²) >= 11 is 0. The van der Waals surface area contributed by atoms with Crippen LogP contribution in [0.15, 0.2) is 67.1 Å². The first-order chi connectivity index (χ1) is 12.3. The van der Waals surface area contributed by atoms with E-state index in [0.29, 0.717) is 6.42 Å². The first-order valence-corrected chi connectivity index (χ1v) is 8.30. The van der Waals surface area contributed by atoms with Crippen LogP contribution in [0.5, 0.6) is 0 Å². The number of aromatic nitrogens is 4. The summed E-state index contributed by atoms with van der Waals surface area (Å²) in [5, 5.41) is 9.02. The molecular weight excluding hydrogens is 312 g/mol. The maximum absolute atomic E-state index is 9.02. The third-order valence-electron chi connectivity index (χ3n) is 4.16. The average Bonchev–Trinajstić information content (AvgIpc) is 3.14. The Morgan fingerprint density at radius 1 is 0.880 bits per heavy atom. The second kappa shape index (κ2) is 6.83. The lowest BCUT2D eigenvalue weighted by molar-refractivity contribution is 0.280. The van der Waals surface area contributed by atoms with Crippen molar-refractivity contribution in [3.63, 3.8) is 0 Å². The van der Waals surface area contributed by atoms with Crippen molar-refractivity contribution in [2.75, 3.05) is 6.61 Å². The second-order valence-corrected chi connectivity index (χ2v) is 5.84. The lowest BCUT2D eigenvalue weighted by atomic mass is 10.1. The van der Waals surface area contributed by atoms with E-state index in [1.165, 1.54) is 0 Å². The van der Waals surface area contributed by atoms with Gasteiger partial charge in [-0.25, -0.2) is 9.97 Å². The molecule has 0 fully saturated rings. The van der Waals surface area contributed by atoms with Crippen LogP contribution in [0.1, 0.15) is 6.42 Å². The SMILES string of the molecule is OCCCn1ccnc1-c1ccc(-c2cnc3ccccc3n2)cc1. The third-order valence-corrected chi connectivity index (χ3v) is 4.16. The maximum atomic E-state index is 9.02. The Kier molecular flexibility index (Phi) is 4.23. The van der Waals surface area contributed by atoms with Crippen LogP contribution in [0.3, 0.4) is 0 Å². The lowest BCUT2D eigenvalue weighted by Gasteiger charge is -2.08. The zero-order valence-corrected chi connectivity index (χ0v) is 13.7. The van der Waals surface area contributed by atoms with Crippen LogP contribution >= 0.6 is 0 Å². The summed E-state index contributed by atoms with van der Waals surface area (Å²) in [5.74, 6) is 0.907. The molecule has 124 valence electrons. The molecule has 25 heavy (non-hydrogen) atoms. The molecule has 0 radical (unpaired) electrons. The van der Waals surface area contributed by atoms with Crippen molar-refractivity contribution in [2.45, 2.75) is 13.0 Å². The molecule has 5 nitrogen and oxygen atoms in total. The summed E-state index contributed by atoms with van der Waals surface area (Å²) in [6.45, 7) is 0.931. The standard InChI is InChI=1S/C20H18N4O/c25-13-3-11-24-12-10-21-20(24)16-8-6-15(7-9-16)19-14-22-17-4-1-2-5-18(17)23-19/h1-2,4-10,12,14,25H,3,11,13H2. The largest absolute Gasteiger partial charge is 0.396 e. The summed E-state index contributed by atoms with van der Waals surface area (Å²) in [6, 6.07) is 16.0. The van der Waals surface area contributed by atoms with E-state index in [0.717, 1.165) is 40.2 Å². The van der Waals surface area contributed by atoms with Crippen molar-refractivity contribution < 1.29 is 5.11 Å². The van der Waals surface area contributed by atoms with Gasteiger partial charge in [0.1, 0.15) is 5.82 Å². The van der Waals surface area contributed by atoms with Gasteiger partial charge in [0.2, 0.25) is 0 Å². The second-order valence-electron chi connectivity index (χ2n) is 5.84. The number of aryl methyl sites for hydroxylation is 1. The Balaban J connectivity index is 1.64. The highest BCUT2D eigenvalue weighted by molar-refractivity contribution is 5.77. The highest BCUT2D eigenvalue weighted by atomic mass is 16.3. The molecule has 2 aromatic carbocycles. The van der Waals surface area contributed by atoms with Gasteiger partial charge in [-0.1, -0.05) is 36.4 Å². The number of para-hydroxylation sites is 2. The molecule has 0 amide bonds. The molecule has 5 heteroatoms. The van der Waals surface area contributed by atoms with Crippen LogP contribution < -0.4 is 0 Å². The van der Waals surface area contributed by atoms with Crippen molar-refractivity contribution in [1.29, 1.82) is 0 Å². The highest BCUT2D eigenvalue weighted by Crippen LogP contribution is 2.24. The Labute approximate surface area is 145 Å². The number of nitrogens with zero attached hydrogens (tertiary/aromatic N) is 4. The quantitative estimate of drug-likeness (QED) is 0.608. The minimum absolute atomic E-state index is 0.178. The molecule has 0 unspecified atom stereocenters. The van der Waals surface area contributed by atoms with Gasteiger partial charge in [-0.05, 0) is 18.6 Å². The number of imidazole rings is 1. The number of hydrogen-bond acceptors (Lipinski definition) is 4. The maximum Gasteiger partial charge on any atom is 0.139 e. The summed E-state index contributed by atoms with van der Waals surface area (Å²) in [5.41, 5.74) is 4.71. The Morgan fingerprint density at radius 2 is 1.64 bits per heavy atom. The molecule has 0 saturated carbocycles. The van der Waals surface area contributed by atoms with Crippen LogP contribution in [0.4, 0.5) is 0 Å². The minimum atomic E-state index is 0.178. The highest BCUT2D eigenvalue weighted by Gasteiger charge is 2.07. The molecule has 0 aliphatic rings. The number of rotatable bonds is 5. The van der Waals surface area contributed by atoms with Crippen molar-refractivity contribution in [1.82, 2.24) is 19.5 Å². The normalized spacial score (nSPS) is 11.1. The molecule has 0 atom stereocenters. The van der Waals surface area contributed by atoms with Gasteiger partial charge in [0, 0.05) is 36.7 Å². The summed E-state index contributed by atoms with van der Waals surface area (Å²) in [7, 11) is 0. The van der Waals surface area contributed by atoms with E-state index in [9.17, 15) is 0 Å². The van der Waals surface area contributed by atoms with E-state index in [1.54, 1.807) is 12.4 Å². The predicted octanol–water partition coefficient (Wildman–Crippen LogP) is 3.54. The zero-order valence-electron chi connectivity index (χ0n) is 13.7. The first kappa shape index (κ1) is 15.5. The van der Waals surface area contributed by atoms with E-state index in [2.05, 4.69) is 19.5 Å². The van der Waals surface area contributed by atoms with E-state index in [-0.39, 0.29) is 6.61 Å². The summed E-state index contributed by atoms with van der Waals surface area (Å²) < 4.78 is 2.06. The topological polar surface area (TPSA) is 63.8 Å². The molecular formula is C20H18N4O. The molecule has 4 rings (SSSR count). The van der Waals surface area contributed by atoms with Gasteiger partial charge in [0.05, 0.1) is 22.9 Å². The molecule has 2 aromatic heterocycles. The first-order valence-electron chi connectivity index (χ1n) is 8.30. The van der Waals surface area contributed by atoms with E-state index in [1.807, 2.05) is 54.7 Å². The summed E-state index contributed by atoms with van der Waals surface area (Å²) in [4.78, 5) is 13.6. The fourth-order valence-corrected chi connectivity index (χ4v) is 2.88. The van der Waals surface area contributed by atoms with E-state index in [4.69, 9.17) is 5.11 Å².